The van der Waals surface area contributed by atoms with Crippen molar-refractivity contribution in [3.05, 3.63) is 11.6 Å². The predicted molar refractivity (Wildman–Crippen MR) is 197 cm³/mol. The van der Waals surface area contributed by atoms with Crippen LogP contribution < -0.4 is 0 Å². The van der Waals surface area contributed by atoms with Crippen LogP contribution in [-0.4, -0.2) is 128 Å². The van der Waals surface area contributed by atoms with Gasteiger partial charge in [-0.15, -0.1) is 0 Å². The number of allylic oxidation sites excluding steroid dienone is 2. The van der Waals surface area contributed by atoms with Crippen molar-refractivity contribution in [1.29, 1.82) is 0 Å². The van der Waals surface area contributed by atoms with Gasteiger partial charge < -0.3 is 59.8 Å². The molecule has 0 aromatic heterocycles. The molecule has 7 aliphatic rings. The Hall–Kier alpha value is -1.23. The molecule has 6 fully saturated rings. The van der Waals surface area contributed by atoms with Crippen molar-refractivity contribution >= 4 is 5.97 Å². The molecule has 2 aliphatic heterocycles. The second-order valence-corrected chi connectivity index (χ2v) is 20.1. The molecule has 4 saturated carbocycles. The quantitative estimate of drug-likeness (QED) is 0.110. The Kier molecular flexibility index (Phi) is 11.0. The summed E-state index contributed by atoms with van der Waals surface area (Å²) in [4.78, 5) is 14.6. The Morgan fingerprint density at radius 2 is 1.33 bits per heavy atom. The van der Waals surface area contributed by atoms with Crippen LogP contribution in [0.15, 0.2) is 11.6 Å². The Labute approximate surface area is 325 Å². The first kappa shape index (κ1) is 41.9. The maximum absolute atomic E-state index is 14.6. The minimum absolute atomic E-state index is 0.0428. The summed E-state index contributed by atoms with van der Waals surface area (Å²) in [5.74, 6) is 0.652. The fourth-order valence-electron chi connectivity index (χ4n) is 13.8. The van der Waals surface area contributed by atoms with E-state index >= 15 is 0 Å². The molecule has 0 radical (unpaired) electrons. The number of aliphatic hydroxyl groups is 8. The maximum atomic E-state index is 14.6. The minimum atomic E-state index is -1.66. The number of esters is 1. The topological polar surface area (TPSA) is 216 Å². The number of ether oxygens (including phenoxy) is 4. The van der Waals surface area contributed by atoms with E-state index in [1.807, 2.05) is 0 Å². The van der Waals surface area contributed by atoms with Crippen molar-refractivity contribution in [2.45, 2.75) is 174 Å². The summed E-state index contributed by atoms with van der Waals surface area (Å²) in [6.07, 6.45) is -4.58. The molecule has 13 nitrogen and oxygen atoms in total. The molecule has 55 heavy (non-hydrogen) atoms. The lowest BCUT2D eigenvalue weighted by molar-refractivity contribution is -0.330. The number of aliphatic hydroxyl groups excluding tert-OH is 8. The smallest absolute Gasteiger partial charge is 0.315 e. The van der Waals surface area contributed by atoms with Gasteiger partial charge in [-0.1, -0.05) is 60.1 Å². The van der Waals surface area contributed by atoms with E-state index in [-0.39, 0.29) is 45.5 Å². The standard InChI is InChI=1S/C42H68O13/c1-20-10-15-42(37(51)55-36-34(50)32(48)30(46)24(19-44)53-36)17-16-40(6)22(28(42)21(20)2)8-9-26-39(5)13-12-27(38(3,4)25(39)11-14-41(26,40)7)54-35-33(49)31(47)29(45)23(18-43)52-35/h8,20-21,23-36,43-50H,9-19H2,1-7H3/t20-,21+,23-,24-,25?,26-,27+,28+,29-,30-,31+,32+,33-,34-,35+,36+,39+,40-,41-,42+/m1/s1. The largest absolute Gasteiger partial charge is 0.432 e. The van der Waals surface area contributed by atoms with E-state index < -0.39 is 86.0 Å². The Morgan fingerprint density at radius 3 is 1.95 bits per heavy atom. The third kappa shape index (κ3) is 6.06. The highest BCUT2D eigenvalue weighted by molar-refractivity contribution is 5.79. The summed E-state index contributed by atoms with van der Waals surface area (Å²) in [6, 6.07) is 0. The minimum Gasteiger partial charge on any atom is -0.432 e. The number of carbonyl (C=O) groups excluding carboxylic acids is 1. The van der Waals surface area contributed by atoms with E-state index in [2.05, 4.69) is 54.5 Å². The highest BCUT2D eigenvalue weighted by Gasteiger charge is 2.70. The van der Waals surface area contributed by atoms with E-state index in [0.29, 0.717) is 24.7 Å². The van der Waals surface area contributed by atoms with Gasteiger partial charge in [0.2, 0.25) is 6.29 Å². The molecule has 13 heteroatoms. The average molecular weight is 781 g/mol. The molecule has 1 unspecified atom stereocenters. The molecule has 0 aromatic carbocycles. The molecule has 2 saturated heterocycles. The first-order valence-corrected chi connectivity index (χ1v) is 20.9. The normalized spacial score (nSPS) is 54.9. The lowest BCUT2D eigenvalue weighted by Gasteiger charge is -2.71. The zero-order valence-corrected chi connectivity index (χ0v) is 33.7. The van der Waals surface area contributed by atoms with Gasteiger partial charge in [0.1, 0.15) is 48.8 Å². The predicted octanol–water partition coefficient (Wildman–Crippen LogP) is 2.17. The van der Waals surface area contributed by atoms with E-state index in [1.54, 1.807) is 0 Å². The Bertz CT molecular complexity index is 1470. The third-order valence-electron chi connectivity index (χ3n) is 17.6. The lowest BCUT2D eigenvalue weighted by Crippen LogP contribution is -2.66. The van der Waals surface area contributed by atoms with Crippen LogP contribution in [0.25, 0.3) is 0 Å². The number of hydrogen-bond donors (Lipinski definition) is 8. The average Bonchev–Trinajstić information content (AvgIpc) is 3.14. The van der Waals surface area contributed by atoms with Gasteiger partial charge >= 0.3 is 5.97 Å². The fraction of sp³-hybridized carbons (Fsp3) is 0.929. The molecule has 0 aromatic rings. The second kappa shape index (κ2) is 14.5. The van der Waals surface area contributed by atoms with Crippen LogP contribution in [0.2, 0.25) is 0 Å². The summed E-state index contributed by atoms with van der Waals surface area (Å²) in [5.41, 5.74) is -0.136. The fourth-order valence-corrected chi connectivity index (χ4v) is 13.8. The number of hydrogen-bond acceptors (Lipinski definition) is 13. The molecule has 0 spiro atoms. The van der Waals surface area contributed by atoms with Crippen molar-refractivity contribution in [2.24, 2.45) is 56.7 Å². The van der Waals surface area contributed by atoms with Gasteiger partial charge in [-0.2, -0.15) is 0 Å². The molecule has 0 amide bonds. The molecule has 314 valence electrons. The summed E-state index contributed by atoms with van der Waals surface area (Å²) in [5, 5.41) is 82.7. The van der Waals surface area contributed by atoms with Crippen LogP contribution in [0.3, 0.4) is 0 Å². The third-order valence-corrected chi connectivity index (χ3v) is 17.6. The Morgan fingerprint density at radius 1 is 0.727 bits per heavy atom. The monoisotopic (exact) mass is 780 g/mol. The first-order valence-electron chi connectivity index (χ1n) is 20.9. The molecule has 20 atom stereocenters. The first-order chi connectivity index (χ1) is 25.7. The number of carbonyl (C=O) groups is 1. The van der Waals surface area contributed by atoms with Crippen LogP contribution >= 0.6 is 0 Å². The molecule has 2 heterocycles. The van der Waals surface area contributed by atoms with Gasteiger partial charge in [-0.05, 0) is 109 Å². The zero-order chi connectivity index (χ0) is 40.2. The van der Waals surface area contributed by atoms with Gasteiger partial charge in [0.25, 0.3) is 0 Å². The van der Waals surface area contributed by atoms with E-state index in [1.165, 1.54) is 5.57 Å². The molecule has 5 aliphatic carbocycles. The maximum Gasteiger partial charge on any atom is 0.315 e. The van der Waals surface area contributed by atoms with Gasteiger partial charge in [-0.3, -0.25) is 4.79 Å². The SMILES string of the molecule is C[C@H]1[C@H](C)CC[C@]2(C(=O)O[C@@H]3O[C@H](CO)[C@@H](O)[C@H](O)[C@H]3O)CC[C@]3(C)C(=CC[C@@H]4[C@@]5(C)CC[C@H](O[C@@H]6O[C@H](CO)[C@@H](O)[C@H](O)[C@H]6O)C(C)(C)C5CC[C@]43C)[C@H]12. The summed E-state index contributed by atoms with van der Waals surface area (Å²) >= 11 is 0. The number of rotatable bonds is 6. The molecular formula is C42H68O13. The van der Waals surface area contributed by atoms with Gasteiger partial charge in [0, 0.05) is 0 Å². The van der Waals surface area contributed by atoms with Crippen LogP contribution in [0, 0.1) is 56.7 Å². The van der Waals surface area contributed by atoms with Crippen molar-refractivity contribution in [3.63, 3.8) is 0 Å². The van der Waals surface area contributed by atoms with Crippen LogP contribution in [-0.2, 0) is 23.7 Å². The molecule has 8 N–H and O–H groups in total. The highest BCUT2D eigenvalue weighted by atomic mass is 16.7. The van der Waals surface area contributed by atoms with Crippen LogP contribution in [0.1, 0.15) is 106 Å². The lowest BCUT2D eigenvalue weighted by atomic mass is 9.33. The summed E-state index contributed by atoms with van der Waals surface area (Å²) in [7, 11) is 0. The van der Waals surface area contributed by atoms with Crippen molar-refractivity contribution < 1.29 is 64.6 Å². The number of fused-ring (bicyclic) bond motifs is 7. The molecule has 0 bridgehead atoms. The van der Waals surface area contributed by atoms with Crippen LogP contribution in [0.4, 0.5) is 0 Å². The zero-order valence-electron chi connectivity index (χ0n) is 33.7. The van der Waals surface area contributed by atoms with Crippen molar-refractivity contribution in [3.8, 4) is 0 Å². The van der Waals surface area contributed by atoms with Gasteiger partial charge in [-0.25, -0.2) is 0 Å². The second-order valence-electron chi connectivity index (χ2n) is 20.1. The highest BCUT2D eigenvalue weighted by Crippen LogP contribution is 2.76. The van der Waals surface area contributed by atoms with E-state index in [4.69, 9.17) is 18.9 Å². The van der Waals surface area contributed by atoms with Gasteiger partial charge in [0.05, 0.1) is 24.7 Å². The molecule has 7 rings (SSSR count). The van der Waals surface area contributed by atoms with E-state index in [9.17, 15) is 45.6 Å². The van der Waals surface area contributed by atoms with Crippen molar-refractivity contribution in [2.75, 3.05) is 13.2 Å². The Balaban J connectivity index is 1.16. The van der Waals surface area contributed by atoms with Gasteiger partial charge in [0.15, 0.2) is 6.29 Å². The summed E-state index contributed by atoms with van der Waals surface area (Å²) < 4.78 is 23.9. The molecular weight excluding hydrogens is 712 g/mol. The van der Waals surface area contributed by atoms with Crippen LogP contribution in [0.5, 0.6) is 0 Å². The summed E-state index contributed by atoms with van der Waals surface area (Å²) in [6.45, 7) is 15.2. The van der Waals surface area contributed by atoms with E-state index in [0.717, 1.165) is 44.9 Å². The van der Waals surface area contributed by atoms with Crippen molar-refractivity contribution in [1.82, 2.24) is 0 Å².